The zero-order valence-corrected chi connectivity index (χ0v) is 23.9. The maximum atomic E-state index is 13.8. The zero-order valence-electron chi connectivity index (χ0n) is 22.3. The Hall–Kier alpha value is -4.04. The van der Waals surface area contributed by atoms with Gasteiger partial charge in [-0.25, -0.2) is 4.98 Å². The number of benzene rings is 3. The van der Waals surface area contributed by atoms with Gasteiger partial charge in [-0.15, -0.1) is 0 Å². The first-order chi connectivity index (χ1) is 19.5. The topological polar surface area (TPSA) is 81.3 Å². The number of hydrogen-bond donors (Lipinski definition) is 1. The highest BCUT2D eigenvalue weighted by Gasteiger charge is 2.23. The molecule has 0 atom stereocenters. The summed E-state index contributed by atoms with van der Waals surface area (Å²) in [6.45, 7) is 2.14. The maximum absolute atomic E-state index is 13.8. The second-order valence-electron chi connectivity index (χ2n) is 10.3. The molecule has 0 radical (unpaired) electrons. The van der Waals surface area contributed by atoms with Crippen LogP contribution in [0.2, 0.25) is 0 Å². The average molecular weight is 597 g/mol. The monoisotopic (exact) mass is 595 g/mol. The van der Waals surface area contributed by atoms with E-state index in [1.807, 2.05) is 84.3 Å². The molecule has 0 saturated heterocycles. The van der Waals surface area contributed by atoms with Crippen molar-refractivity contribution in [2.24, 2.45) is 5.10 Å². The number of carbonyl (C=O) groups excluding carboxylic acids is 1. The van der Waals surface area contributed by atoms with E-state index in [1.165, 1.54) is 11.1 Å². The van der Waals surface area contributed by atoms with Crippen LogP contribution in [0.15, 0.2) is 87.2 Å². The summed E-state index contributed by atoms with van der Waals surface area (Å²) in [6, 6.07) is 23.0. The summed E-state index contributed by atoms with van der Waals surface area (Å²) in [4.78, 5) is 31.7. The SMILES string of the molecule is Cc1c(C=Nn2c(C3CCCCC3)nc3ccc(Br)cc3c2=O)c2ccccc2n1CC(=O)Nc1ccccc1. The smallest absolute Gasteiger partial charge is 0.282 e. The fourth-order valence-corrected chi connectivity index (χ4v) is 6.07. The van der Waals surface area contributed by atoms with E-state index in [1.54, 1.807) is 6.21 Å². The lowest BCUT2D eigenvalue weighted by Gasteiger charge is -2.22. The molecule has 1 saturated carbocycles. The number of carbonyl (C=O) groups is 1. The second kappa shape index (κ2) is 11.2. The van der Waals surface area contributed by atoms with Gasteiger partial charge in [0.15, 0.2) is 0 Å². The fourth-order valence-electron chi connectivity index (χ4n) is 5.71. The third kappa shape index (κ3) is 5.11. The molecule has 3 aromatic carbocycles. The van der Waals surface area contributed by atoms with Crippen molar-refractivity contribution in [3.63, 3.8) is 0 Å². The molecule has 1 aliphatic rings. The molecule has 2 aromatic heterocycles. The minimum atomic E-state index is -0.174. The molecule has 0 unspecified atom stereocenters. The molecule has 8 heteroatoms. The lowest BCUT2D eigenvalue weighted by atomic mass is 9.88. The molecular weight excluding hydrogens is 566 g/mol. The molecule has 40 heavy (non-hydrogen) atoms. The van der Waals surface area contributed by atoms with Crippen molar-refractivity contribution in [3.05, 3.63) is 105 Å². The summed E-state index contributed by atoms with van der Waals surface area (Å²) in [5.74, 6) is 0.800. The fraction of sp³-hybridized carbons (Fsp3) is 0.250. The summed E-state index contributed by atoms with van der Waals surface area (Å²) in [5, 5.41) is 9.26. The highest BCUT2D eigenvalue weighted by Crippen LogP contribution is 2.32. The number of nitrogens with zero attached hydrogens (tertiary/aromatic N) is 4. The number of halogens is 1. The number of aromatic nitrogens is 3. The Morgan fingerprint density at radius 3 is 2.58 bits per heavy atom. The molecule has 2 heterocycles. The standard InChI is InChI=1S/C32H30BrN5O2/c1-21-27(25-14-8-9-15-29(25)37(21)20-30(39)35-24-12-6-3-7-13-24)19-34-38-31(22-10-4-2-5-11-22)36-28-17-16-23(33)18-26(28)32(38)40/h3,6-9,12-19,22H,2,4-5,10-11,20H2,1H3,(H,35,39). The van der Waals surface area contributed by atoms with Crippen LogP contribution in [0.5, 0.6) is 0 Å². The Kier molecular flexibility index (Phi) is 7.34. The molecule has 1 fully saturated rings. The number of hydrogen-bond acceptors (Lipinski definition) is 4. The van der Waals surface area contributed by atoms with Crippen molar-refractivity contribution in [3.8, 4) is 0 Å². The molecule has 202 valence electrons. The average Bonchev–Trinajstić information content (AvgIpc) is 3.24. The lowest BCUT2D eigenvalue weighted by Crippen LogP contribution is -2.25. The van der Waals surface area contributed by atoms with E-state index in [9.17, 15) is 9.59 Å². The molecular formula is C32H30BrN5O2. The Balaban J connectivity index is 1.42. The molecule has 5 aromatic rings. The first-order valence-electron chi connectivity index (χ1n) is 13.7. The normalized spacial score (nSPS) is 14.3. The Labute approximate surface area is 240 Å². The van der Waals surface area contributed by atoms with Gasteiger partial charge >= 0.3 is 0 Å². The maximum Gasteiger partial charge on any atom is 0.282 e. The molecule has 7 nitrogen and oxygen atoms in total. The number of anilines is 1. The number of fused-ring (bicyclic) bond motifs is 2. The number of amides is 1. The van der Waals surface area contributed by atoms with Gasteiger partial charge in [0, 0.05) is 38.2 Å². The van der Waals surface area contributed by atoms with Crippen molar-refractivity contribution in [1.29, 1.82) is 0 Å². The van der Waals surface area contributed by atoms with Gasteiger partial charge in [-0.05, 0) is 56.2 Å². The van der Waals surface area contributed by atoms with Crippen LogP contribution in [0.3, 0.4) is 0 Å². The molecule has 1 amide bonds. The number of nitrogens with one attached hydrogen (secondary N) is 1. The van der Waals surface area contributed by atoms with E-state index in [-0.39, 0.29) is 23.9 Å². The quantitative estimate of drug-likeness (QED) is 0.215. The van der Waals surface area contributed by atoms with Gasteiger partial charge in [-0.2, -0.15) is 9.78 Å². The zero-order chi connectivity index (χ0) is 27.6. The summed E-state index contributed by atoms with van der Waals surface area (Å²) >= 11 is 3.49. The van der Waals surface area contributed by atoms with Crippen molar-refractivity contribution in [2.45, 2.75) is 51.5 Å². The molecule has 1 N–H and O–H groups in total. The first-order valence-corrected chi connectivity index (χ1v) is 14.5. The van der Waals surface area contributed by atoms with Crippen molar-refractivity contribution < 1.29 is 4.79 Å². The highest BCUT2D eigenvalue weighted by atomic mass is 79.9. The van der Waals surface area contributed by atoms with Crippen LogP contribution in [0.4, 0.5) is 5.69 Å². The van der Waals surface area contributed by atoms with Gasteiger partial charge in [0.2, 0.25) is 5.91 Å². The van der Waals surface area contributed by atoms with Gasteiger partial charge < -0.3 is 9.88 Å². The number of para-hydroxylation sites is 2. The summed E-state index contributed by atoms with van der Waals surface area (Å²) in [7, 11) is 0. The van der Waals surface area contributed by atoms with Crippen LogP contribution in [-0.2, 0) is 11.3 Å². The molecule has 0 bridgehead atoms. The van der Waals surface area contributed by atoms with Crippen LogP contribution in [0.1, 0.15) is 55.1 Å². The van der Waals surface area contributed by atoms with Gasteiger partial charge in [-0.3, -0.25) is 9.59 Å². The van der Waals surface area contributed by atoms with Crippen LogP contribution >= 0.6 is 15.9 Å². The summed E-state index contributed by atoms with van der Waals surface area (Å²) in [5.41, 5.74) is 3.98. The minimum absolute atomic E-state index is 0.112. The molecule has 6 rings (SSSR count). The highest BCUT2D eigenvalue weighted by molar-refractivity contribution is 9.10. The van der Waals surface area contributed by atoms with E-state index >= 15 is 0 Å². The van der Waals surface area contributed by atoms with Crippen molar-refractivity contribution in [2.75, 3.05) is 5.32 Å². The van der Waals surface area contributed by atoms with E-state index in [4.69, 9.17) is 10.1 Å². The van der Waals surface area contributed by atoms with Crippen molar-refractivity contribution >= 4 is 55.5 Å². The predicted octanol–water partition coefficient (Wildman–Crippen LogP) is 6.99. The second-order valence-corrected chi connectivity index (χ2v) is 11.3. The van der Waals surface area contributed by atoms with Gasteiger partial charge in [0.25, 0.3) is 5.56 Å². The Bertz CT molecular complexity index is 1800. The molecule has 0 aliphatic heterocycles. The van der Waals surface area contributed by atoms with Gasteiger partial charge in [0.05, 0.1) is 17.1 Å². The summed E-state index contributed by atoms with van der Waals surface area (Å²) < 4.78 is 4.32. The Morgan fingerprint density at radius 2 is 1.77 bits per heavy atom. The number of rotatable bonds is 6. The molecule has 1 aliphatic carbocycles. The van der Waals surface area contributed by atoms with Crippen LogP contribution in [0.25, 0.3) is 21.8 Å². The minimum Gasteiger partial charge on any atom is -0.335 e. The van der Waals surface area contributed by atoms with Gasteiger partial charge in [0.1, 0.15) is 12.4 Å². The molecule has 0 spiro atoms. The van der Waals surface area contributed by atoms with Gasteiger partial charge in [-0.1, -0.05) is 71.6 Å². The first kappa shape index (κ1) is 26.2. The third-order valence-corrected chi connectivity index (χ3v) is 8.24. The van der Waals surface area contributed by atoms with E-state index in [0.717, 1.165) is 63.8 Å². The van der Waals surface area contributed by atoms with Crippen molar-refractivity contribution in [1.82, 2.24) is 14.2 Å². The van der Waals surface area contributed by atoms with E-state index < -0.39 is 0 Å². The largest absolute Gasteiger partial charge is 0.335 e. The summed E-state index contributed by atoms with van der Waals surface area (Å²) in [6.07, 6.45) is 7.21. The van der Waals surface area contributed by atoms with Crippen LogP contribution < -0.4 is 10.9 Å². The third-order valence-electron chi connectivity index (χ3n) is 7.74. The Morgan fingerprint density at radius 1 is 1.02 bits per heavy atom. The lowest BCUT2D eigenvalue weighted by molar-refractivity contribution is -0.116. The van der Waals surface area contributed by atoms with E-state index in [0.29, 0.717) is 10.9 Å². The van der Waals surface area contributed by atoms with E-state index in [2.05, 4.69) is 21.2 Å². The van der Waals surface area contributed by atoms with Crippen LogP contribution in [-0.4, -0.2) is 26.3 Å². The predicted molar refractivity (Wildman–Crippen MR) is 164 cm³/mol. The van der Waals surface area contributed by atoms with Crippen LogP contribution in [0, 0.1) is 6.92 Å².